The predicted octanol–water partition coefficient (Wildman–Crippen LogP) is 7.15. The number of nitrogens with zero attached hydrogens (tertiary/aromatic N) is 3. The number of nitrogens with one attached hydrogen (secondary N) is 1. The van der Waals surface area contributed by atoms with Crippen LogP contribution in [0.3, 0.4) is 0 Å². The first kappa shape index (κ1) is 28.2. The van der Waals surface area contributed by atoms with Gasteiger partial charge in [0.05, 0.1) is 7.11 Å². The molecule has 1 N–H and O–H groups in total. The molecule has 1 heterocycles. The fourth-order valence-corrected chi connectivity index (χ4v) is 5.75. The fraction of sp³-hybridized carbons (Fsp3) is 0.206. The minimum Gasteiger partial charge on any atom is -0.497 e. The van der Waals surface area contributed by atoms with Crippen molar-refractivity contribution in [2.24, 2.45) is 0 Å². The second kappa shape index (κ2) is 14.3. The number of rotatable bonds is 13. The maximum Gasteiger partial charge on any atom is 0.220 e. The molecule has 0 saturated heterocycles. The van der Waals surface area contributed by atoms with E-state index < -0.39 is 0 Å². The molecule has 0 aliphatic rings. The largest absolute Gasteiger partial charge is 0.497 e. The number of amides is 1. The number of carbonyl (C=O) groups excluding carboxylic acids is 1. The number of thioether (sulfide) groups is 1. The molecule has 1 aromatic heterocycles. The fourth-order valence-electron chi connectivity index (χ4n) is 4.86. The van der Waals surface area contributed by atoms with Crippen LogP contribution in [0.25, 0.3) is 17.1 Å². The highest BCUT2D eigenvalue weighted by molar-refractivity contribution is 7.99. The molecule has 0 atom stereocenters. The lowest BCUT2D eigenvalue weighted by molar-refractivity contribution is -0.121. The van der Waals surface area contributed by atoms with E-state index in [0.29, 0.717) is 13.0 Å². The molecule has 0 aliphatic heterocycles. The van der Waals surface area contributed by atoms with Crippen LogP contribution in [0, 0.1) is 0 Å². The van der Waals surface area contributed by atoms with Crippen LogP contribution in [-0.2, 0) is 4.79 Å². The Morgan fingerprint density at radius 3 is 2.17 bits per heavy atom. The van der Waals surface area contributed by atoms with E-state index in [0.717, 1.165) is 46.6 Å². The summed E-state index contributed by atoms with van der Waals surface area (Å²) >= 11 is 1.61. The predicted molar refractivity (Wildman–Crippen MR) is 166 cm³/mol. The van der Waals surface area contributed by atoms with Gasteiger partial charge in [-0.05, 0) is 48.2 Å². The molecule has 0 aliphatic carbocycles. The minimum absolute atomic E-state index is 0.0760. The van der Waals surface area contributed by atoms with E-state index >= 15 is 0 Å². The van der Waals surface area contributed by atoms with Gasteiger partial charge in [-0.2, -0.15) is 0 Å². The summed E-state index contributed by atoms with van der Waals surface area (Å²) in [7, 11) is 1.66. The van der Waals surface area contributed by atoms with E-state index in [1.807, 2.05) is 66.7 Å². The van der Waals surface area contributed by atoms with Crippen molar-refractivity contribution < 1.29 is 9.53 Å². The molecule has 0 bridgehead atoms. The maximum atomic E-state index is 12.7. The van der Waals surface area contributed by atoms with Gasteiger partial charge in [-0.3, -0.25) is 9.36 Å². The van der Waals surface area contributed by atoms with Crippen LogP contribution in [0.4, 0.5) is 0 Å². The first-order valence-corrected chi connectivity index (χ1v) is 14.9. The number of para-hydroxylation sites is 1. The van der Waals surface area contributed by atoms with Gasteiger partial charge in [0.1, 0.15) is 5.75 Å². The lowest BCUT2D eigenvalue weighted by Crippen LogP contribution is -2.25. The molecular formula is C34H34N4O2S. The number of aromatic nitrogens is 3. The van der Waals surface area contributed by atoms with Crippen molar-refractivity contribution in [3.8, 4) is 22.8 Å². The van der Waals surface area contributed by atoms with Gasteiger partial charge >= 0.3 is 0 Å². The molecule has 0 saturated carbocycles. The van der Waals surface area contributed by atoms with Crippen molar-refractivity contribution >= 4 is 17.7 Å². The SMILES string of the molecule is COc1cccc(-c2nnc(SCCCC(=O)NCCC(c3ccccc3)c3ccccc3)n2-c2ccccc2)c1. The Balaban J connectivity index is 1.17. The molecule has 0 fully saturated rings. The van der Waals surface area contributed by atoms with Gasteiger partial charge in [-0.15, -0.1) is 10.2 Å². The molecule has 208 valence electrons. The highest BCUT2D eigenvalue weighted by atomic mass is 32.2. The van der Waals surface area contributed by atoms with Crippen molar-refractivity contribution in [3.63, 3.8) is 0 Å². The smallest absolute Gasteiger partial charge is 0.220 e. The van der Waals surface area contributed by atoms with E-state index in [1.54, 1.807) is 18.9 Å². The number of benzene rings is 4. The van der Waals surface area contributed by atoms with Gasteiger partial charge in [0.15, 0.2) is 11.0 Å². The van der Waals surface area contributed by atoms with Gasteiger partial charge in [0.2, 0.25) is 5.91 Å². The summed E-state index contributed by atoms with van der Waals surface area (Å²) in [6.45, 7) is 0.632. The zero-order valence-electron chi connectivity index (χ0n) is 23.1. The van der Waals surface area contributed by atoms with Crippen LogP contribution in [0.5, 0.6) is 5.75 Å². The Hall–Kier alpha value is -4.36. The van der Waals surface area contributed by atoms with Crippen LogP contribution >= 0.6 is 11.8 Å². The Morgan fingerprint density at radius 2 is 1.51 bits per heavy atom. The summed E-state index contributed by atoms with van der Waals surface area (Å²) in [4.78, 5) is 12.7. The zero-order chi connectivity index (χ0) is 28.3. The first-order valence-electron chi connectivity index (χ1n) is 13.9. The molecule has 6 nitrogen and oxygen atoms in total. The van der Waals surface area contributed by atoms with E-state index in [2.05, 4.69) is 68.6 Å². The maximum absolute atomic E-state index is 12.7. The van der Waals surface area contributed by atoms with Gasteiger partial charge in [0, 0.05) is 35.9 Å². The van der Waals surface area contributed by atoms with Crippen LogP contribution in [0.15, 0.2) is 120 Å². The minimum atomic E-state index is 0.0760. The standard InChI is InChI=1S/C34H34N4O2S/c1-40-30-20-11-17-28(25-30)33-36-37-34(38(33)29-18-9-4-10-19-29)41-24-12-21-32(39)35-23-22-31(26-13-5-2-6-14-26)27-15-7-3-8-16-27/h2-11,13-20,25,31H,12,21-24H2,1H3,(H,35,39). The molecule has 7 heteroatoms. The Bertz CT molecular complexity index is 1490. The molecule has 5 aromatic rings. The van der Waals surface area contributed by atoms with Gasteiger partial charge in [-0.1, -0.05) is 103 Å². The van der Waals surface area contributed by atoms with Gasteiger partial charge < -0.3 is 10.1 Å². The molecule has 41 heavy (non-hydrogen) atoms. The number of methoxy groups -OCH3 is 1. The van der Waals surface area contributed by atoms with Crippen LogP contribution in [0.2, 0.25) is 0 Å². The molecular weight excluding hydrogens is 528 g/mol. The number of hydrogen-bond donors (Lipinski definition) is 1. The topological polar surface area (TPSA) is 69.0 Å². The van der Waals surface area contributed by atoms with Crippen molar-refractivity contribution in [2.45, 2.75) is 30.3 Å². The normalized spacial score (nSPS) is 11.0. The highest BCUT2D eigenvalue weighted by Crippen LogP contribution is 2.30. The Kier molecular flexibility index (Phi) is 9.84. The third-order valence-electron chi connectivity index (χ3n) is 6.91. The summed E-state index contributed by atoms with van der Waals surface area (Å²) in [6, 6.07) is 38.9. The third-order valence-corrected chi connectivity index (χ3v) is 7.93. The zero-order valence-corrected chi connectivity index (χ0v) is 24.0. The molecule has 0 unspecified atom stereocenters. The van der Waals surface area contributed by atoms with Crippen molar-refractivity contribution in [1.82, 2.24) is 20.1 Å². The first-order chi connectivity index (χ1) is 20.2. The van der Waals surface area contributed by atoms with E-state index in [1.165, 1.54) is 11.1 Å². The second-order valence-electron chi connectivity index (χ2n) is 9.67. The Morgan fingerprint density at radius 1 is 0.854 bits per heavy atom. The van der Waals surface area contributed by atoms with Crippen LogP contribution in [-0.4, -0.2) is 40.1 Å². The second-order valence-corrected chi connectivity index (χ2v) is 10.7. The quantitative estimate of drug-likeness (QED) is 0.122. The third kappa shape index (κ3) is 7.44. The summed E-state index contributed by atoms with van der Waals surface area (Å²) in [5.74, 6) is 2.60. The summed E-state index contributed by atoms with van der Waals surface area (Å²) in [6.07, 6.45) is 2.06. The van der Waals surface area contributed by atoms with Crippen molar-refractivity contribution in [2.75, 3.05) is 19.4 Å². The molecule has 5 rings (SSSR count). The molecule has 4 aromatic carbocycles. The van der Waals surface area contributed by atoms with Crippen LogP contribution < -0.4 is 10.1 Å². The number of hydrogen-bond acceptors (Lipinski definition) is 5. The molecule has 0 radical (unpaired) electrons. The summed E-state index contributed by atoms with van der Waals surface area (Å²) in [5, 5.41) is 12.9. The number of ether oxygens (including phenoxy) is 1. The average Bonchev–Trinajstić information content (AvgIpc) is 3.46. The van der Waals surface area contributed by atoms with E-state index in [9.17, 15) is 4.79 Å². The van der Waals surface area contributed by atoms with E-state index in [-0.39, 0.29) is 11.8 Å². The monoisotopic (exact) mass is 562 g/mol. The molecule has 0 spiro atoms. The lowest BCUT2D eigenvalue weighted by atomic mass is 9.88. The van der Waals surface area contributed by atoms with Crippen molar-refractivity contribution in [1.29, 1.82) is 0 Å². The molecule has 1 amide bonds. The highest BCUT2D eigenvalue weighted by Gasteiger charge is 2.17. The van der Waals surface area contributed by atoms with E-state index in [4.69, 9.17) is 4.74 Å². The van der Waals surface area contributed by atoms with Gasteiger partial charge in [-0.25, -0.2) is 0 Å². The average molecular weight is 563 g/mol. The van der Waals surface area contributed by atoms with Crippen molar-refractivity contribution in [3.05, 3.63) is 126 Å². The number of carbonyl (C=O) groups is 1. The van der Waals surface area contributed by atoms with Gasteiger partial charge in [0.25, 0.3) is 0 Å². The Labute approximate surface area is 245 Å². The van der Waals surface area contributed by atoms with Crippen LogP contribution in [0.1, 0.15) is 36.3 Å². The lowest BCUT2D eigenvalue weighted by Gasteiger charge is -2.18. The summed E-state index contributed by atoms with van der Waals surface area (Å²) < 4.78 is 7.48. The summed E-state index contributed by atoms with van der Waals surface area (Å²) in [5.41, 5.74) is 4.44.